The van der Waals surface area contributed by atoms with Gasteiger partial charge in [-0.3, -0.25) is 0 Å². The van der Waals surface area contributed by atoms with Crippen LogP contribution < -0.4 is 4.90 Å². The number of cyclic esters (lactones) is 1. The van der Waals surface area contributed by atoms with Crippen LogP contribution in [0.3, 0.4) is 0 Å². The molecule has 0 aromatic carbocycles. The van der Waals surface area contributed by atoms with Gasteiger partial charge in [0.2, 0.25) is 0 Å². The second-order valence-electron chi connectivity index (χ2n) is 7.07. The van der Waals surface area contributed by atoms with Gasteiger partial charge in [0.1, 0.15) is 22.8 Å². The van der Waals surface area contributed by atoms with Crippen molar-refractivity contribution >= 4 is 11.8 Å². The van der Waals surface area contributed by atoms with E-state index in [0.29, 0.717) is 11.6 Å². The van der Waals surface area contributed by atoms with Crippen LogP contribution in [0.25, 0.3) is 0 Å². The van der Waals surface area contributed by atoms with E-state index < -0.39 is 5.60 Å². The molecule has 1 unspecified atom stereocenters. The maximum atomic E-state index is 12.4. The number of rotatable bonds is 3. The summed E-state index contributed by atoms with van der Waals surface area (Å²) in [4.78, 5) is 23.5. The summed E-state index contributed by atoms with van der Waals surface area (Å²) in [7, 11) is 0. The quantitative estimate of drug-likeness (QED) is 0.812. The van der Waals surface area contributed by atoms with Crippen molar-refractivity contribution in [2.24, 2.45) is 0 Å². The van der Waals surface area contributed by atoms with Crippen molar-refractivity contribution in [3.63, 3.8) is 0 Å². The number of aryl methyl sites for hydroxylation is 1. The van der Waals surface area contributed by atoms with E-state index in [2.05, 4.69) is 19.4 Å². The summed E-state index contributed by atoms with van der Waals surface area (Å²) in [6.45, 7) is 7.64. The topological polar surface area (TPSA) is 60.2 Å². The molecule has 126 valence electrons. The Labute approximate surface area is 141 Å². The molecule has 0 amide bonds. The van der Waals surface area contributed by atoms with Gasteiger partial charge in [-0.25, -0.2) is 14.8 Å². The van der Waals surface area contributed by atoms with Gasteiger partial charge in [0, 0.05) is 43.3 Å². The molecule has 24 heavy (non-hydrogen) atoms. The largest absolute Gasteiger partial charge is 0.451 e. The first-order chi connectivity index (χ1) is 11.5. The lowest BCUT2D eigenvalue weighted by Gasteiger charge is -2.27. The molecule has 2 aromatic heterocycles. The van der Waals surface area contributed by atoms with E-state index in [-0.39, 0.29) is 5.97 Å². The molecule has 1 atom stereocenters. The van der Waals surface area contributed by atoms with Crippen LogP contribution >= 0.6 is 0 Å². The van der Waals surface area contributed by atoms with E-state index in [0.717, 1.165) is 43.1 Å². The summed E-state index contributed by atoms with van der Waals surface area (Å²) in [5.41, 5.74) is 0.985. The van der Waals surface area contributed by atoms with E-state index >= 15 is 0 Å². The normalized spacial score (nSPS) is 21.9. The second kappa shape index (κ2) is 5.33. The molecule has 0 saturated carbocycles. The van der Waals surface area contributed by atoms with Gasteiger partial charge in [0.25, 0.3) is 0 Å². The van der Waals surface area contributed by atoms with Gasteiger partial charge < -0.3 is 14.2 Å². The number of esters is 1. The van der Waals surface area contributed by atoms with Crippen LogP contribution in [0, 0.1) is 6.92 Å². The number of imidazole rings is 1. The SMILES string of the molecule is Cc1nccn1CC1CCCN1c1nccc2c1C(=O)OC2(C)C. The van der Waals surface area contributed by atoms with Crippen molar-refractivity contribution in [2.45, 2.75) is 51.8 Å². The zero-order valence-corrected chi connectivity index (χ0v) is 14.3. The van der Waals surface area contributed by atoms with E-state index in [1.807, 2.05) is 39.2 Å². The lowest BCUT2D eigenvalue weighted by molar-refractivity contribution is 0.00957. The molecular formula is C18H22N4O2. The average molecular weight is 326 g/mol. The molecule has 0 spiro atoms. The van der Waals surface area contributed by atoms with Crippen molar-refractivity contribution in [2.75, 3.05) is 11.4 Å². The number of carbonyl (C=O) groups is 1. The van der Waals surface area contributed by atoms with Crippen LogP contribution in [-0.2, 0) is 16.9 Å². The van der Waals surface area contributed by atoms with Gasteiger partial charge in [-0.15, -0.1) is 0 Å². The Bertz CT molecular complexity index is 796. The molecular weight excluding hydrogens is 304 g/mol. The fourth-order valence-corrected chi connectivity index (χ4v) is 3.84. The third kappa shape index (κ3) is 2.28. The monoisotopic (exact) mass is 326 g/mol. The highest BCUT2D eigenvalue weighted by molar-refractivity contribution is 5.99. The van der Waals surface area contributed by atoms with Crippen molar-refractivity contribution in [1.29, 1.82) is 0 Å². The Morgan fingerprint density at radius 1 is 1.33 bits per heavy atom. The van der Waals surface area contributed by atoms with Crippen LogP contribution in [0.2, 0.25) is 0 Å². The Kier molecular flexibility index (Phi) is 3.37. The zero-order valence-electron chi connectivity index (χ0n) is 14.3. The first-order valence-corrected chi connectivity index (χ1v) is 8.44. The van der Waals surface area contributed by atoms with Gasteiger partial charge in [-0.05, 0) is 39.7 Å². The summed E-state index contributed by atoms with van der Waals surface area (Å²) in [6, 6.07) is 2.21. The van der Waals surface area contributed by atoms with Gasteiger partial charge in [0.15, 0.2) is 0 Å². The number of pyridine rings is 1. The first-order valence-electron chi connectivity index (χ1n) is 8.44. The molecule has 2 aliphatic heterocycles. The van der Waals surface area contributed by atoms with Crippen LogP contribution in [0.4, 0.5) is 5.82 Å². The van der Waals surface area contributed by atoms with Crippen LogP contribution in [0.5, 0.6) is 0 Å². The fourth-order valence-electron chi connectivity index (χ4n) is 3.84. The van der Waals surface area contributed by atoms with Crippen molar-refractivity contribution < 1.29 is 9.53 Å². The molecule has 2 aliphatic rings. The highest BCUT2D eigenvalue weighted by atomic mass is 16.6. The minimum Gasteiger partial charge on any atom is -0.451 e. The molecule has 4 rings (SSSR count). The first kappa shape index (κ1) is 15.2. The van der Waals surface area contributed by atoms with Crippen LogP contribution in [0.15, 0.2) is 24.7 Å². The average Bonchev–Trinajstić information content (AvgIpc) is 3.21. The van der Waals surface area contributed by atoms with E-state index in [1.54, 1.807) is 6.20 Å². The molecule has 4 heterocycles. The highest BCUT2D eigenvalue weighted by Gasteiger charge is 2.42. The van der Waals surface area contributed by atoms with Gasteiger partial charge in [-0.2, -0.15) is 0 Å². The summed E-state index contributed by atoms with van der Waals surface area (Å²) >= 11 is 0. The number of nitrogens with zero attached hydrogens (tertiary/aromatic N) is 4. The van der Waals surface area contributed by atoms with E-state index in [1.165, 1.54) is 0 Å². The predicted molar refractivity (Wildman–Crippen MR) is 90.0 cm³/mol. The Balaban J connectivity index is 1.70. The van der Waals surface area contributed by atoms with Crippen molar-refractivity contribution in [1.82, 2.24) is 14.5 Å². The molecule has 6 heteroatoms. The molecule has 2 aromatic rings. The smallest absolute Gasteiger partial charge is 0.343 e. The summed E-state index contributed by atoms with van der Waals surface area (Å²) in [5.74, 6) is 1.51. The Morgan fingerprint density at radius 2 is 2.17 bits per heavy atom. The standard InChI is InChI=1S/C18H22N4O2/c1-12-19-8-10-21(12)11-13-5-4-9-22(13)16-15-14(6-7-20-16)18(2,3)24-17(15)23/h6-8,10,13H,4-5,9,11H2,1-3H3. The fraction of sp³-hybridized carbons (Fsp3) is 0.500. The van der Waals surface area contributed by atoms with Gasteiger partial charge in [-0.1, -0.05) is 0 Å². The maximum absolute atomic E-state index is 12.4. The molecule has 0 aliphatic carbocycles. The third-order valence-corrected chi connectivity index (χ3v) is 5.11. The van der Waals surface area contributed by atoms with E-state index in [9.17, 15) is 4.79 Å². The predicted octanol–water partition coefficient (Wildman–Crippen LogP) is 2.66. The molecule has 0 radical (unpaired) electrons. The minimum atomic E-state index is -0.583. The van der Waals surface area contributed by atoms with Crippen molar-refractivity contribution in [3.8, 4) is 0 Å². The van der Waals surface area contributed by atoms with Crippen LogP contribution in [-0.4, -0.2) is 33.1 Å². The number of hydrogen-bond donors (Lipinski definition) is 0. The number of hydrogen-bond acceptors (Lipinski definition) is 5. The zero-order chi connectivity index (χ0) is 16.9. The van der Waals surface area contributed by atoms with Crippen molar-refractivity contribution in [3.05, 3.63) is 41.6 Å². The Hall–Kier alpha value is -2.37. The van der Waals surface area contributed by atoms with Gasteiger partial charge in [0.05, 0.1) is 0 Å². The molecule has 1 saturated heterocycles. The number of anilines is 1. The van der Waals surface area contributed by atoms with E-state index in [4.69, 9.17) is 4.74 Å². The highest BCUT2D eigenvalue weighted by Crippen LogP contribution is 2.40. The summed E-state index contributed by atoms with van der Waals surface area (Å²) < 4.78 is 7.72. The van der Waals surface area contributed by atoms with Crippen LogP contribution in [0.1, 0.15) is 48.4 Å². The molecule has 0 N–H and O–H groups in total. The summed E-state index contributed by atoms with van der Waals surface area (Å²) in [5, 5.41) is 0. The number of ether oxygens (including phenoxy) is 1. The molecule has 0 bridgehead atoms. The number of fused-ring (bicyclic) bond motifs is 1. The number of carbonyl (C=O) groups excluding carboxylic acids is 1. The van der Waals surface area contributed by atoms with Gasteiger partial charge >= 0.3 is 5.97 Å². The lowest BCUT2D eigenvalue weighted by atomic mass is 9.97. The summed E-state index contributed by atoms with van der Waals surface area (Å²) in [6.07, 6.45) is 7.80. The maximum Gasteiger partial charge on any atom is 0.343 e. The molecule has 1 fully saturated rings. The Morgan fingerprint density at radius 3 is 2.92 bits per heavy atom. The molecule has 6 nitrogen and oxygen atoms in total. The minimum absolute atomic E-state index is 0.262. The third-order valence-electron chi connectivity index (χ3n) is 5.11. The number of aromatic nitrogens is 3. The lowest BCUT2D eigenvalue weighted by Crippen LogP contribution is -2.34. The second-order valence-corrected chi connectivity index (χ2v) is 7.07.